The van der Waals surface area contributed by atoms with Gasteiger partial charge in [-0.3, -0.25) is 0 Å². The summed E-state index contributed by atoms with van der Waals surface area (Å²) in [6, 6.07) is 8.73. The monoisotopic (exact) mass is 306 g/mol. The highest BCUT2D eigenvalue weighted by Crippen LogP contribution is 2.13. The molecule has 1 aromatic rings. The van der Waals surface area contributed by atoms with Crippen molar-refractivity contribution in [1.29, 1.82) is 0 Å². The van der Waals surface area contributed by atoms with Gasteiger partial charge in [-0.2, -0.15) is 0 Å². The highest BCUT2D eigenvalue weighted by molar-refractivity contribution is 5.68. The number of likely N-dealkylation sites (N-methyl/N-ethyl adjacent to an activating group) is 1. The molecule has 0 saturated heterocycles. The number of aryl methyl sites for hydroxylation is 1. The quantitative estimate of drug-likeness (QED) is 0.866. The second kappa shape index (κ2) is 8.18. The molecule has 0 heterocycles. The Balaban J connectivity index is 2.45. The molecule has 0 radical (unpaired) electrons. The van der Waals surface area contributed by atoms with Crippen LogP contribution in [-0.2, 0) is 4.74 Å². The Morgan fingerprint density at radius 3 is 2.59 bits per heavy atom. The maximum absolute atomic E-state index is 12.1. The highest BCUT2D eigenvalue weighted by Gasteiger charge is 2.20. The first kappa shape index (κ1) is 18.5. The molecule has 1 atom stereocenters. The molecule has 0 spiro atoms. The zero-order valence-electron chi connectivity index (χ0n) is 14.8. The van der Waals surface area contributed by atoms with E-state index in [1.807, 2.05) is 27.7 Å². The van der Waals surface area contributed by atoms with Gasteiger partial charge in [-0.25, -0.2) is 4.79 Å². The van der Waals surface area contributed by atoms with Crippen LogP contribution in [0.5, 0.6) is 0 Å². The molecule has 0 aliphatic heterocycles. The number of carbonyl (C=O) groups excluding carboxylic acids is 1. The second-order valence-electron chi connectivity index (χ2n) is 6.65. The van der Waals surface area contributed by atoms with E-state index >= 15 is 0 Å². The first-order valence-corrected chi connectivity index (χ1v) is 8.01. The van der Waals surface area contributed by atoms with E-state index in [9.17, 15) is 4.79 Å². The van der Waals surface area contributed by atoms with Gasteiger partial charge in [-0.1, -0.05) is 29.8 Å². The number of rotatable bonds is 6. The summed E-state index contributed by atoms with van der Waals surface area (Å²) in [5, 5.41) is 3.46. The molecule has 4 nitrogen and oxygen atoms in total. The highest BCUT2D eigenvalue weighted by atomic mass is 16.6. The van der Waals surface area contributed by atoms with Crippen molar-refractivity contribution in [3.8, 4) is 0 Å². The van der Waals surface area contributed by atoms with E-state index in [1.165, 1.54) is 11.1 Å². The molecule has 0 bridgehead atoms. The third-order valence-electron chi connectivity index (χ3n) is 3.41. The van der Waals surface area contributed by atoms with Gasteiger partial charge in [0.05, 0.1) is 0 Å². The Hall–Kier alpha value is -1.55. The van der Waals surface area contributed by atoms with E-state index in [-0.39, 0.29) is 12.1 Å². The molecule has 0 aromatic heterocycles. The van der Waals surface area contributed by atoms with Gasteiger partial charge in [0, 0.05) is 25.7 Å². The van der Waals surface area contributed by atoms with Crippen LogP contribution in [0, 0.1) is 6.92 Å². The van der Waals surface area contributed by atoms with Crippen LogP contribution in [0.2, 0.25) is 0 Å². The fourth-order valence-corrected chi connectivity index (χ4v) is 2.18. The van der Waals surface area contributed by atoms with Crippen LogP contribution in [0.15, 0.2) is 24.3 Å². The lowest BCUT2D eigenvalue weighted by Crippen LogP contribution is -2.40. The van der Waals surface area contributed by atoms with E-state index in [0.29, 0.717) is 13.1 Å². The molecule has 4 heteroatoms. The van der Waals surface area contributed by atoms with Crippen LogP contribution in [0.25, 0.3) is 0 Å². The molecule has 1 amide bonds. The molecule has 0 aliphatic carbocycles. The van der Waals surface area contributed by atoms with Crippen molar-refractivity contribution >= 4 is 6.09 Å². The Morgan fingerprint density at radius 1 is 1.36 bits per heavy atom. The standard InChI is InChI=1S/C18H30N2O2/c1-7-20(17(21)22-18(4,5)6)12-11-19-15(3)16-10-8-9-14(2)13-16/h8-10,13,15,19H,7,11-12H2,1-6H3. The lowest BCUT2D eigenvalue weighted by molar-refractivity contribution is 0.0261. The number of nitrogens with zero attached hydrogens (tertiary/aromatic N) is 1. The summed E-state index contributed by atoms with van der Waals surface area (Å²) in [6.07, 6.45) is -0.250. The van der Waals surface area contributed by atoms with E-state index in [4.69, 9.17) is 4.74 Å². The van der Waals surface area contributed by atoms with Crippen LogP contribution in [-0.4, -0.2) is 36.2 Å². The van der Waals surface area contributed by atoms with Gasteiger partial charge in [0.2, 0.25) is 0 Å². The van der Waals surface area contributed by atoms with Crippen molar-refractivity contribution < 1.29 is 9.53 Å². The molecular weight excluding hydrogens is 276 g/mol. The fourth-order valence-electron chi connectivity index (χ4n) is 2.18. The summed E-state index contributed by atoms with van der Waals surface area (Å²) >= 11 is 0. The van der Waals surface area contributed by atoms with Gasteiger partial charge in [-0.15, -0.1) is 0 Å². The summed E-state index contributed by atoms with van der Waals surface area (Å²) in [5.41, 5.74) is 2.07. The van der Waals surface area contributed by atoms with Crippen molar-refractivity contribution in [2.24, 2.45) is 0 Å². The predicted molar refractivity (Wildman–Crippen MR) is 91.1 cm³/mol. The van der Waals surface area contributed by atoms with Crippen molar-refractivity contribution in [2.45, 2.75) is 53.2 Å². The molecule has 1 unspecified atom stereocenters. The number of hydrogen-bond acceptors (Lipinski definition) is 3. The molecule has 0 aliphatic rings. The SMILES string of the molecule is CCN(CCNC(C)c1cccc(C)c1)C(=O)OC(C)(C)C. The summed E-state index contributed by atoms with van der Waals surface area (Å²) in [5.74, 6) is 0. The van der Waals surface area contributed by atoms with Gasteiger partial charge in [0.25, 0.3) is 0 Å². The molecule has 0 saturated carbocycles. The van der Waals surface area contributed by atoms with E-state index in [1.54, 1.807) is 4.90 Å². The largest absolute Gasteiger partial charge is 0.444 e. The lowest BCUT2D eigenvalue weighted by atomic mass is 10.1. The van der Waals surface area contributed by atoms with Crippen LogP contribution < -0.4 is 5.32 Å². The molecule has 0 fully saturated rings. The zero-order chi connectivity index (χ0) is 16.8. The van der Waals surface area contributed by atoms with Crippen LogP contribution in [0.1, 0.15) is 51.8 Å². The Labute approximate surface area is 134 Å². The van der Waals surface area contributed by atoms with Crippen LogP contribution >= 0.6 is 0 Å². The first-order chi connectivity index (χ1) is 10.2. The number of hydrogen-bond donors (Lipinski definition) is 1. The van der Waals surface area contributed by atoms with Gasteiger partial charge < -0.3 is 15.0 Å². The van der Waals surface area contributed by atoms with Crippen LogP contribution in [0.4, 0.5) is 4.79 Å². The Kier molecular flexibility index (Phi) is 6.88. The zero-order valence-corrected chi connectivity index (χ0v) is 14.8. The molecule has 22 heavy (non-hydrogen) atoms. The van der Waals surface area contributed by atoms with Crippen molar-refractivity contribution in [2.75, 3.05) is 19.6 Å². The smallest absolute Gasteiger partial charge is 0.410 e. The second-order valence-corrected chi connectivity index (χ2v) is 6.65. The van der Waals surface area contributed by atoms with Crippen LogP contribution in [0.3, 0.4) is 0 Å². The molecule has 124 valence electrons. The van der Waals surface area contributed by atoms with Gasteiger partial charge >= 0.3 is 6.09 Å². The van der Waals surface area contributed by atoms with Crippen molar-refractivity contribution in [3.63, 3.8) is 0 Å². The fraction of sp³-hybridized carbons (Fsp3) is 0.611. The minimum Gasteiger partial charge on any atom is -0.444 e. The number of amides is 1. The lowest BCUT2D eigenvalue weighted by Gasteiger charge is -2.27. The average molecular weight is 306 g/mol. The maximum atomic E-state index is 12.1. The first-order valence-electron chi connectivity index (χ1n) is 8.01. The third-order valence-corrected chi connectivity index (χ3v) is 3.41. The maximum Gasteiger partial charge on any atom is 0.410 e. The minimum atomic E-state index is -0.452. The van der Waals surface area contributed by atoms with Crippen molar-refractivity contribution in [1.82, 2.24) is 10.2 Å². The van der Waals surface area contributed by atoms with E-state index in [0.717, 1.165) is 6.54 Å². The number of carbonyl (C=O) groups is 1. The van der Waals surface area contributed by atoms with E-state index in [2.05, 4.69) is 43.4 Å². The third kappa shape index (κ3) is 6.48. The predicted octanol–water partition coefficient (Wildman–Crippen LogP) is 3.90. The summed E-state index contributed by atoms with van der Waals surface area (Å²) in [6.45, 7) is 13.9. The topological polar surface area (TPSA) is 41.6 Å². The van der Waals surface area contributed by atoms with Crippen molar-refractivity contribution in [3.05, 3.63) is 35.4 Å². The summed E-state index contributed by atoms with van der Waals surface area (Å²) < 4.78 is 5.41. The number of nitrogens with one attached hydrogen (secondary N) is 1. The molecule has 1 rings (SSSR count). The van der Waals surface area contributed by atoms with E-state index < -0.39 is 5.60 Å². The summed E-state index contributed by atoms with van der Waals surface area (Å²) in [4.78, 5) is 13.8. The summed E-state index contributed by atoms with van der Waals surface area (Å²) in [7, 11) is 0. The molecular formula is C18H30N2O2. The molecule has 1 N–H and O–H groups in total. The minimum absolute atomic E-state index is 0.250. The number of benzene rings is 1. The molecule has 1 aromatic carbocycles. The van der Waals surface area contributed by atoms with Gasteiger partial charge in [0.1, 0.15) is 5.60 Å². The van der Waals surface area contributed by atoms with Gasteiger partial charge in [0.15, 0.2) is 0 Å². The Bertz CT molecular complexity index is 480. The average Bonchev–Trinajstić information content (AvgIpc) is 2.41. The Morgan fingerprint density at radius 2 is 2.05 bits per heavy atom. The van der Waals surface area contributed by atoms with Gasteiger partial charge in [-0.05, 0) is 47.1 Å². The normalized spacial score (nSPS) is 12.8. The number of ether oxygens (including phenoxy) is 1.